The van der Waals surface area contributed by atoms with Crippen molar-refractivity contribution in [2.45, 2.75) is 51.4 Å². The molecule has 0 unspecified atom stereocenters. The summed E-state index contributed by atoms with van der Waals surface area (Å²) in [7, 11) is 0. The number of likely N-dealkylation sites (tertiary alicyclic amines) is 1. The Morgan fingerprint density at radius 3 is 2.19 bits per heavy atom. The molecule has 1 aliphatic heterocycles. The van der Waals surface area contributed by atoms with Crippen molar-refractivity contribution in [2.24, 2.45) is 5.92 Å². The molecule has 5 nitrogen and oxygen atoms in total. The van der Waals surface area contributed by atoms with Gasteiger partial charge in [0.1, 0.15) is 5.75 Å². The van der Waals surface area contributed by atoms with Crippen molar-refractivity contribution < 1.29 is 19.8 Å². The van der Waals surface area contributed by atoms with Crippen LogP contribution in [0.25, 0.3) is 0 Å². The zero-order chi connectivity index (χ0) is 22.4. The second-order valence-electron chi connectivity index (χ2n) is 9.19. The van der Waals surface area contributed by atoms with Gasteiger partial charge in [0, 0.05) is 12.0 Å². The predicted molar refractivity (Wildman–Crippen MR) is 122 cm³/mol. The maximum atomic E-state index is 12.5. The summed E-state index contributed by atoms with van der Waals surface area (Å²) < 4.78 is 0. The number of benzene rings is 2. The quantitative estimate of drug-likeness (QED) is 0.573. The first-order chi connectivity index (χ1) is 14.8. The minimum Gasteiger partial charge on any atom is -0.508 e. The molecule has 1 saturated heterocycles. The first-order valence-corrected chi connectivity index (χ1v) is 11.1. The summed E-state index contributed by atoms with van der Waals surface area (Å²) in [5.41, 5.74) is 1.67. The highest BCUT2D eigenvalue weighted by molar-refractivity contribution is 5.96. The van der Waals surface area contributed by atoms with Gasteiger partial charge in [-0.15, -0.1) is 0 Å². The first-order valence-electron chi connectivity index (χ1n) is 11.1. The Hall–Kier alpha value is -2.66. The lowest BCUT2D eigenvalue weighted by molar-refractivity contribution is -0.142. The molecule has 0 spiro atoms. The summed E-state index contributed by atoms with van der Waals surface area (Å²) in [5, 5.41) is 18.7. The van der Waals surface area contributed by atoms with E-state index in [1.54, 1.807) is 50.2 Å². The minimum absolute atomic E-state index is 0.113. The van der Waals surface area contributed by atoms with Gasteiger partial charge in [-0.05, 0) is 88.3 Å². The van der Waals surface area contributed by atoms with Crippen LogP contribution in [0.3, 0.4) is 0 Å². The molecule has 2 aromatic rings. The Balaban J connectivity index is 1.39. The summed E-state index contributed by atoms with van der Waals surface area (Å²) in [6.07, 6.45) is 4.73. The average molecular weight is 424 g/mol. The summed E-state index contributed by atoms with van der Waals surface area (Å²) >= 11 is 0. The molecular formula is C26H33NO4. The molecule has 0 atom stereocenters. The lowest BCUT2D eigenvalue weighted by Crippen LogP contribution is -2.35. The summed E-state index contributed by atoms with van der Waals surface area (Å²) in [6.45, 7) is 6.40. The van der Waals surface area contributed by atoms with Crippen LogP contribution in [0.1, 0.15) is 61.0 Å². The van der Waals surface area contributed by atoms with E-state index in [1.165, 1.54) is 5.56 Å². The molecule has 0 radical (unpaired) electrons. The number of phenols is 1. The molecule has 166 valence electrons. The van der Waals surface area contributed by atoms with Gasteiger partial charge in [-0.1, -0.05) is 36.4 Å². The molecule has 0 bridgehead atoms. The van der Waals surface area contributed by atoms with E-state index in [9.17, 15) is 19.8 Å². The Kier molecular flexibility index (Phi) is 7.50. The smallest absolute Gasteiger partial charge is 0.313 e. The van der Waals surface area contributed by atoms with Crippen LogP contribution in [0.15, 0.2) is 48.5 Å². The number of Topliss-reactive ketones (excluding diaryl/α,β-unsaturated/α-hetero) is 1. The lowest BCUT2D eigenvalue weighted by Gasteiger charge is -2.32. The van der Waals surface area contributed by atoms with Gasteiger partial charge in [-0.2, -0.15) is 0 Å². The van der Waals surface area contributed by atoms with Crippen LogP contribution >= 0.6 is 0 Å². The largest absolute Gasteiger partial charge is 0.508 e. The van der Waals surface area contributed by atoms with Crippen molar-refractivity contribution in [1.29, 1.82) is 0 Å². The molecule has 2 N–H and O–H groups in total. The van der Waals surface area contributed by atoms with Gasteiger partial charge in [0.05, 0.1) is 5.41 Å². The fourth-order valence-corrected chi connectivity index (χ4v) is 4.18. The van der Waals surface area contributed by atoms with E-state index in [1.807, 2.05) is 12.1 Å². The predicted octanol–water partition coefficient (Wildman–Crippen LogP) is 4.67. The number of carbonyl (C=O) groups excluding carboxylic acids is 1. The number of carbonyl (C=O) groups is 2. The number of carboxylic acids is 1. The maximum Gasteiger partial charge on any atom is 0.313 e. The molecule has 31 heavy (non-hydrogen) atoms. The van der Waals surface area contributed by atoms with Crippen molar-refractivity contribution in [1.82, 2.24) is 4.90 Å². The maximum absolute atomic E-state index is 12.5. The standard InChI is InChI=1S/C26H33NO4/c1-26(2,25(30)31)22-9-7-21(8-10-22)24(29)4-3-15-27-16-13-20(14-17-27)18-19-5-11-23(28)12-6-19/h5-12,20,28H,3-4,13-18H2,1-2H3,(H,30,31). The molecule has 1 fully saturated rings. The highest BCUT2D eigenvalue weighted by Crippen LogP contribution is 2.25. The molecule has 0 aliphatic carbocycles. The number of nitrogens with zero attached hydrogens (tertiary/aromatic N) is 1. The van der Waals surface area contributed by atoms with E-state index in [2.05, 4.69) is 4.90 Å². The fraction of sp³-hybridized carbons (Fsp3) is 0.462. The fourth-order valence-electron chi connectivity index (χ4n) is 4.18. The minimum atomic E-state index is -0.962. The van der Waals surface area contributed by atoms with Gasteiger partial charge >= 0.3 is 5.97 Å². The van der Waals surface area contributed by atoms with Gasteiger partial charge in [-0.3, -0.25) is 9.59 Å². The van der Waals surface area contributed by atoms with E-state index in [0.717, 1.165) is 45.3 Å². The molecule has 1 heterocycles. The molecule has 1 aliphatic rings. The zero-order valence-corrected chi connectivity index (χ0v) is 18.5. The third-order valence-electron chi connectivity index (χ3n) is 6.51. The van der Waals surface area contributed by atoms with Crippen LogP contribution in [-0.4, -0.2) is 46.5 Å². The van der Waals surface area contributed by atoms with Crippen LogP contribution < -0.4 is 0 Å². The third-order valence-corrected chi connectivity index (χ3v) is 6.51. The number of ketones is 1. The number of carboxylic acid groups (broad SMARTS) is 1. The number of hydrogen-bond donors (Lipinski definition) is 2. The monoisotopic (exact) mass is 423 g/mol. The molecular weight excluding hydrogens is 390 g/mol. The first kappa shape index (κ1) is 23.0. The average Bonchev–Trinajstić information content (AvgIpc) is 2.76. The van der Waals surface area contributed by atoms with Gasteiger partial charge in [0.2, 0.25) is 0 Å². The second-order valence-corrected chi connectivity index (χ2v) is 9.19. The number of aliphatic carboxylic acids is 1. The Morgan fingerprint density at radius 1 is 1.00 bits per heavy atom. The van der Waals surface area contributed by atoms with E-state index in [-0.39, 0.29) is 5.78 Å². The number of phenolic OH excluding ortho intramolecular Hbond substituents is 1. The van der Waals surface area contributed by atoms with Crippen molar-refractivity contribution in [3.63, 3.8) is 0 Å². The Bertz CT molecular complexity index is 879. The molecule has 5 heteroatoms. The van der Waals surface area contributed by atoms with E-state index >= 15 is 0 Å². The Labute approximate surface area is 184 Å². The van der Waals surface area contributed by atoms with Gasteiger partial charge in [-0.25, -0.2) is 0 Å². The van der Waals surface area contributed by atoms with E-state index in [4.69, 9.17) is 0 Å². The van der Waals surface area contributed by atoms with E-state index in [0.29, 0.717) is 29.2 Å². The van der Waals surface area contributed by atoms with Crippen molar-refractivity contribution in [3.8, 4) is 5.75 Å². The highest BCUT2D eigenvalue weighted by atomic mass is 16.4. The number of hydrogen-bond acceptors (Lipinski definition) is 4. The SMILES string of the molecule is CC(C)(C(=O)O)c1ccc(C(=O)CCCN2CCC(Cc3ccc(O)cc3)CC2)cc1. The van der Waals surface area contributed by atoms with Crippen LogP contribution in [0.5, 0.6) is 5.75 Å². The molecule has 2 aromatic carbocycles. The van der Waals surface area contributed by atoms with Crippen molar-refractivity contribution >= 4 is 11.8 Å². The topological polar surface area (TPSA) is 77.8 Å². The highest BCUT2D eigenvalue weighted by Gasteiger charge is 2.29. The van der Waals surface area contributed by atoms with E-state index < -0.39 is 11.4 Å². The summed E-state index contributed by atoms with van der Waals surface area (Å²) in [4.78, 5) is 26.3. The molecule has 0 aromatic heterocycles. The number of aromatic hydroxyl groups is 1. The lowest BCUT2D eigenvalue weighted by atomic mass is 9.84. The van der Waals surface area contributed by atoms with Crippen molar-refractivity contribution in [3.05, 3.63) is 65.2 Å². The van der Waals surface area contributed by atoms with Crippen LogP contribution in [0.2, 0.25) is 0 Å². The number of rotatable bonds is 9. The molecule has 0 saturated carbocycles. The number of piperidine rings is 1. The van der Waals surface area contributed by atoms with Gasteiger partial charge in [0.15, 0.2) is 5.78 Å². The zero-order valence-electron chi connectivity index (χ0n) is 18.5. The second kappa shape index (κ2) is 10.1. The Morgan fingerprint density at radius 2 is 1.61 bits per heavy atom. The van der Waals surface area contributed by atoms with Crippen molar-refractivity contribution in [2.75, 3.05) is 19.6 Å². The van der Waals surface area contributed by atoms with Gasteiger partial charge in [0.25, 0.3) is 0 Å². The van der Waals surface area contributed by atoms with Crippen LogP contribution in [0, 0.1) is 5.92 Å². The summed E-state index contributed by atoms with van der Waals surface area (Å²) in [6, 6.07) is 14.5. The van der Waals surface area contributed by atoms with Gasteiger partial charge < -0.3 is 15.1 Å². The molecule has 0 amide bonds. The van der Waals surface area contributed by atoms with Crippen LogP contribution in [0.4, 0.5) is 0 Å². The molecule has 3 rings (SSSR count). The third kappa shape index (κ3) is 6.17. The van der Waals surface area contributed by atoms with Crippen LogP contribution in [-0.2, 0) is 16.6 Å². The normalized spacial score (nSPS) is 15.7. The summed E-state index contributed by atoms with van der Waals surface area (Å²) in [5.74, 6) is 0.226.